The van der Waals surface area contributed by atoms with Gasteiger partial charge in [0, 0.05) is 6.07 Å². The minimum atomic E-state index is -1.15. The highest BCUT2D eigenvalue weighted by molar-refractivity contribution is 5.26. The Kier molecular flexibility index (Phi) is 2.75. The fraction of sp³-hybridized carbons (Fsp3) is 0.167. The predicted molar refractivity (Wildman–Crippen MR) is 53.9 cm³/mol. The lowest BCUT2D eigenvalue weighted by Crippen LogP contribution is -1.99. The van der Waals surface area contributed by atoms with Crippen molar-refractivity contribution in [2.75, 3.05) is 0 Å². The van der Waals surface area contributed by atoms with Crippen LogP contribution < -0.4 is 0 Å². The van der Waals surface area contributed by atoms with E-state index < -0.39 is 17.7 Å². The van der Waals surface area contributed by atoms with Gasteiger partial charge in [0.1, 0.15) is 29.3 Å². The molecule has 0 aliphatic heterocycles. The standard InChI is InChI=1S/C12H10F2O2/c1-7-2-3-11(16-7)12(15)8-4-9(13)6-10(14)5-8/h2-6,12,15H,1H3. The number of rotatable bonds is 2. The molecule has 2 rings (SSSR count). The van der Waals surface area contributed by atoms with Crippen LogP contribution in [0.15, 0.2) is 34.7 Å². The van der Waals surface area contributed by atoms with Crippen molar-refractivity contribution in [2.24, 2.45) is 0 Å². The molecule has 0 fully saturated rings. The summed E-state index contributed by atoms with van der Waals surface area (Å²) in [5, 5.41) is 9.83. The normalized spacial score (nSPS) is 12.8. The molecule has 1 atom stereocenters. The Morgan fingerprint density at radius 2 is 1.75 bits per heavy atom. The molecule has 0 saturated heterocycles. The van der Waals surface area contributed by atoms with Crippen molar-refractivity contribution < 1.29 is 18.3 Å². The molecule has 1 aromatic heterocycles. The summed E-state index contributed by atoms with van der Waals surface area (Å²) in [6, 6.07) is 6.15. The van der Waals surface area contributed by atoms with Crippen LogP contribution >= 0.6 is 0 Å². The van der Waals surface area contributed by atoms with Crippen LogP contribution in [0.4, 0.5) is 8.78 Å². The summed E-state index contributed by atoms with van der Waals surface area (Å²) < 4.78 is 31.0. The average Bonchev–Trinajstić information content (AvgIpc) is 2.62. The zero-order chi connectivity index (χ0) is 11.7. The van der Waals surface area contributed by atoms with Crippen molar-refractivity contribution in [2.45, 2.75) is 13.0 Å². The Balaban J connectivity index is 2.37. The van der Waals surface area contributed by atoms with Crippen molar-refractivity contribution in [3.05, 3.63) is 59.1 Å². The minimum Gasteiger partial charge on any atom is -0.463 e. The number of aliphatic hydroxyl groups excluding tert-OH is 1. The number of aliphatic hydroxyl groups is 1. The van der Waals surface area contributed by atoms with E-state index in [-0.39, 0.29) is 11.3 Å². The molecule has 0 saturated carbocycles. The van der Waals surface area contributed by atoms with Crippen LogP contribution in [-0.4, -0.2) is 5.11 Å². The maximum atomic E-state index is 12.9. The van der Waals surface area contributed by atoms with Crippen LogP contribution in [0.25, 0.3) is 0 Å². The van der Waals surface area contributed by atoms with Gasteiger partial charge >= 0.3 is 0 Å². The largest absolute Gasteiger partial charge is 0.463 e. The van der Waals surface area contributed by atoms with Gasteiger partial charge in [-0.2, -0.15) is 0 Å². The highest BCUT2D eigenvalue weighted by Crippen LogP contribution is 2.24. The number of furan rings is 1. The summed E-state index contributed by atoms with van der Waals surface area (Å²) in [7, 11) is 0. The van der Waals surface area contributed by atoms with E-state index in [2.05, 4.69) is 0 Å². The molecule has 4 heteroatoms. The summed E-state index contributed by atoms with van der Waals surface area (Å²) in [6.45, 7) is 1.72. The van der Waals surface area contributed by atoms with Crippen LogP contribution in [0, 0.1) is 18.6 Å². The van der Waals surface area contributed by atoms with Crippen molar-refractivity contribution in [1.29, 1.82) is 0 Å². The molecule has 16 heavy (non-hydrogen) atoms. The molecule has 0 bridgehead atoms. The van der Waals surface area contributed by atoms with E-state index in [0.29, 0.717) is 5.76 Å². The van der Waals surface area contributed by atoms with Gasteiger partial charge in [-0.15, -0.1) is 0 Å². The molecule has 0 aliphatic carbocycles. The Morgan fingerprint density at radius 3 is 2.25 bits per heavy atom. The predicted octanol–water partition coefficient (Wildman–Crippen LogP) is 2.95. The van der Waals surface area contributed by atoms with Crippen molar-refractivity contribution in [3.63, 3.8) is 0 Å². The third-order valence-electron chi connectivity index (χ3n) is 2.23. The first-order valence-electron chi connectivity index (χ1n) is 4.76. The summed E-state index contributed by atoms with van der Waals surface area (Å²) in [4.78, 5) is 0. The van der Waals surface area contributed by atoms with E-state index >= 15 is 0 Å². The van der Waals surface area contributed by atoms with E-state index in [9.17, 15) is 13.9 Å². The fourth-order valence-electron chi connectivity index (χ4n) is 1.50. The molecule has 0 aliphatic rings. The SMILES string of the molecule is Cc1ccc(C(O)c2cc(F)cc(F)c2)o1. The van der Waals surface area contributed by atoms with Gasteiger partial charge in [-0.05, 0) is 36.8 Å². The van der Waals surface area contributed by atoms with Gasteiger partial charge in [0.25, 0.3) is 0 Å². The van der Waals surface area contributed by atoms with Gasteiger partial charge in [0.2, 0.25) is 0 Å². The molecule has 84 valence electrons. The van der Waals surface area contributed by atoms with Gasteiger partial charge in [-0.3, -0.25) is 0 Å². The second-order valence-corrected chi connectivity index (χ2v) is 3.55. The van der Waals surface area contributed by atoms with Gasteiger partial charge in [-0.1, -0.05) is 0 Å². The Bertz CT molecular complexity index is 485. The van der Waals surface area contributed by atoms with Crippen LogP contribution in [0.2, 0.25) is 0 Å². The first kappa shape index (κ1) is 10.8. The topological polar surface area (TPSA) is 33.4 Å². The lowest BCUT2D eigenvalue weighted by atomic mass is 10.1. The molecule has 1 heterocycles. The zero-order valence-electron chi connectivity index (χ0n) is 8.58. The van der Waals surface area contributed by atoms with E-state index in [0.717, 1.165) is 18.2 Å². The minimum absolute atomic E-state index is 0.131. The van der Waals surface area contributed by atoms with Crippen molar-refractivity contribution in [3.8, 4) is 0 Å². The highest BCUT2D eigenvalue weighted by Gasteiger charge is 2.15. The van der Waals surface area contributed by atoms with Crippen molar-refractivity contribution >= 4 is 0 Å². The molecule has 1 unspecified atom stereocenters. The first-order valence-corrected chi connectivity index (χ1v) is 4.76. The molecule has 0 radical (unpaired) electrons. The molecule has 0 amide bonds. The Hall–Kier alpha value is -1.68. The number of benzene rings is 1. The third kappa shape index (κ3) is 2.12. The molecule has 1 aromatic carbocycles. The van der Waals surface area contributed by atoms with Crippen molar-refractivity contribution in [1.82, 2.24) is 0 Å². The maximum Gasteiger partial charge on any atom is 0.137 e. The van der Waals surface area contributed by atoms with E-state index in [1.54, 1.807) is 19.1 Å². The second kappa shape index (κ2) is 4.06. The lowest BCUT2D eigenvalue weighted by molar-refractivity contribution is 0.187. The fourth-order valence-corrected chi connectivity index (χ4v) is 1.50. The van der Waals surface area contributed by atoms with E-state index in [1.807, 2.05) is 0 Å². The Morgan fingerprint density at radius 1 is 1.12 bits per heavy atom. The summed E-state index contributed by atoms with van der Waals surface area (Å²) in [6.07, 6.45) is -1.15. The number of aryl methyl sites for hydroxylation is 1. The highest BCUT2D eigenvalue weighted by atomic mass is 19.1. The van der Waals surface area contributed by atoms with Gasteiger partial charge in [0.05, 0.1) is 0 Å². The number of halogens is 2. The zero-order valence-corrected chi connectivity index (χ0v) is 8.58. The van der Waals surface area contributed by atoms with Gasteiger partial charge in [-0.25, -0.2) is 8.78 Å². The van der Waals surface area contributed by atoms with Crippen LogP contribution in [0.3, 0.4) is 0 Å². The van der Waals surface area contributed by atoms with E-state index in [1.165, 1.54) is 0 Å². The number of hydrogen-bond donors (Lipinski definition) is 1. The molecule has 1 N–H and O–H groups in total. The van der Waals surface area contributed by atoms with E-state index in [4.69, 9.17) is 4.42 Å². The molecular formula is C12H10F2O2. The smallest absolute Gasteiger partial charge is 0.137 e. The molecule has 2 nitrogen and oxygen atoms in total. The quantitative estimate of drug-likeness (QED) is 0.850. The van der Waals surface area contributed by atoms with Crippen LogP contribution in [0.1, 0.15) is 23.2 Å². The summed E-state index contributed by atoms with van der Waals surface area (Å²) in [5.74, 6) is -0.553. The second-order valence-electron chi connectivity index (χ2n) is 3.55. The molecule has 0 spiro atoms. The lowest BCUT2D eigenvalue weighted by Gasteiger charge is -2.08. The number of hydrogen-bond acceptors (Lipinski definition) is 2. The average molecular weight is 224 g/mol. The summed E-state index contributed by atoms with van der Waals surface area (Å²) >= 11 is 0. The first-order chi connectivity index (χ1) is 7.56. The molecule has 2 aromatic rings. The molecular weight excluding hydrogens is 214 g/mol. The van der Waals surface area contributed by atoms with Gasteiger partial charge < -0.3 is 9.52 Å². The van der Waals surface area contributed by atoms with Crippen LogP contribution in [0.5, 0.6) is 0 Å². The maximum absolute atomic E-state index is 12.9. The van der Waals surface area contributed by atoms with Gasteiger partial charge in [0.15, 0.2) is 0 Å². The monoisotopic (exact) mass is 224 g/mol. The Labute approximate surface area is 91.1 Å². The van der Waals surface area contributed by atoms with Crippen LogP contribution in [-0.2, 0) is 0 Å². The third-order valence-corrected chi connectivity index (χ3v) is 2.23. The summed E-state index contributed by atoms with van der Waals surface area (Å²) in [5.41, 5.74) is 0.131.